The van der Waals surface area contributed by atoms with Crippen molar-refractivity contribution >= 4 is 5.97 Å². The van der Waals surface area contributed by atoms with Crippen LogP contribution in [0.2, 0.25) is 0 Å². The largest absolute Gasteiger partial charge is 0.479 e. The van der Waals surface area contributed by atoms with Gasteiger partial charge in [-0.25, -0.2) is 18.0 Å². The van der Waals surface area contributed by atoms with Gasteiger partial charge in [0.25, 0.3) is 0 Å². The first kappa shape index (κ1) is 17.5. The lowest BCUT2D eigenvalue weighted by molar-refractivity contribution is -0.162. The summed E-state index contributed by atoms with van der Waals surface area (Å²) in [5.41, 5.74) is 4.75. The van der Waals surface area contributed by atoms with Crippen LogP contribution in [0.5, 0.6) is 0 Å². The Bertz CT molecular complexity index is 529. The first-order valence-corrected chi connectivity index (χ1v) is 6.31. The molecule has 1 aromatic carbocycles. The Hall–Kier alpha value is -1.60. The molecule has 1 aromatic rings. The Labute approximate surface area is 120 Å². The minimum Gasteiger partial charge on any atom is -0.479 e. The molecule has 4 nitrogen and oxygen atoms in total. The minimum absolute atomic E-state index is 0.204. The second kappa shape index (κ2) is 6.44. The van der Waals surface area contributed by atoms with E-state index in [0.29, 0.717) is 12.1 Å². The van der Waals surface area contributed by atoms with Gasteiger partial charge < -0.3 is 15.6 Å². The van der Waals surface area contributed by atoms with Gasteiger partial charge in [-0.3, -0.25) is 0 Å². The van der Waals surface area contributed by atoms with E-state index in [1.165, 1.54) is 0 Å². The van der Waals surface area contributed by atoms with E-state index < -0.39 is 41.2 Å². The molecule has 0 aliphatic carbocycles. The number of carboxylic acids is 1. The molecule has 0 heterocycles. The van der Waals surface area contributed by atoms with Gasteiger partial charge in [-0.1, -0.05) is 0 Å². The Balaban J connectivity index is 2.94. The van der Waals surface area contributed by atoms with Gasteiger partial charge in [0.05, 0.1) is 5.60 Å². The highest BCUT2D eigenvalue weighted by molar-refractivity contribution is 5.73. The molecule has 2 unspecified atom stereocenters. The molecule has 0 aliphatic heterocycles. The zero-order chi connectivity index (χ0) is 16.4. The molecule has 0 radical (unpaired) electrons. The molecule has 7 heteroatoms. The molecule has 118 valence electrons. The fourth-order valence-electron chi connectivity index (χ4n) is 1.78. The first-order chi connectivity index (χ1) is 9.51. The molecule has 0 bridgehead atoms. The number of hydrogen-bond donors (Lipinski definition) is 2. The molecule has 1 rings (SSSR count). The number of nitrogens with two attached hydrogens (primary N) is 1. The van der Waals surface area contributed by atoms with Crippen LogP contribution in [0.1, 0.15) is 26.3 Å². The SMILES string of the molecule is CC(C)(C)OC(C(=O)O)C(N)Cc1cc(F)c(F)cc1F. The van der Waals surface area contributed by atoms with E-state index in [4.69, 9.17) is 15.6 Å². The fraction of sp³-hybridized carbons (Fsp3) is 0.500. The number of carboxylic acid groups (broad SMARTS) is 1. The highest BCUT2D eigenvalue weighted by Gasteiger charge is 2.31. The second-order valence-corrected chi connectivity index (χ2v) is 5.71. The van der Waals surface area contributed by atoms with E-state index in [-0.39, 0.29) is 12.0 Å². The molecule has 0 spiro atoms. The van der Waals surface area contributed by atoms with E-state index in [1.54, 1.807) is 20.8 Å². The third kappa shape index (κ3) is 5.02. The fourth-order valence-corrected chi connectivity index (χ4v) is 1.78. The summed E-state index contributed by atoms with van der Waals surface area (Å²) >= 11 is 0. The highest BCUT2D eigenvalue weighted by atomic mass is 19.2. The van der Waals surface area contributed by atoms with Gasteiger partial charge in [0.1, 0.15) is 5.82 Å². The van der Waals surface area contributed by atoms with Crippen molar-refractivity contribution < 1.29 is 27.8 Å². The van der Waals surface area contributed by atoms with Crippen molar-refractivity contribution in [2.75, 3.05) is 0 Å². The maximum absolute atomic E-state index is 13.5. The highest BCUT2D eigenvalue weighted by Crippen LogP contribution is 2.19. The summed E-state index contributed by atoms with van der Waals surface area (Å²) < 4.78 is 44.8. The second-order valence-electron chi connectivity index (χ2n) is 5.71. The number of rotatable bonds is 5. The lowest BCUT2D eigenvalue weighted by Gasteiger charge is -2.28. The summed E-state index contributed by atoms with van der Waals surface area (Å²) in [7, 11) is 0. The van der Waals surface area contributed by atoms with Crippen LogP contribution < -0.4 is 5.73 Å². The van der Waals surface area contributed by atoms with Crippen LogP contribution in [0.25, 0.3) is 0 Å². The predicted octanol–water partition coefficient (Wildman–Crippen LogP) is 2.24. The molecule has 0 saturated heterocycles. The molecule has 0 fully saturated rings. The van der Waals surface area contributed by atoms with Crippen LogP contribution in [0.3, 0.4) is 0 Å². The molecule has 2 atom stereocenters. The van der Waals surface area contributed by atoms with Gasteiger partial charge in [0.15, 0.2) is 17.7 Å². The van der Waals surface area contributed by atoms with Gasteiger partial charge in [0.2, 0.25) is 0 Å². The smallest absolute Gasteiger partial charge is 0.334 e. The maximum atomic E-state index is 13.5. The standard InChI is InChI=1S/C14H18F3NO3/c1-14(2,3)21-12(13(19)20)11(18)5-7-4-9(16)10(17)6-8(7)15/h4,6,11-12H,5,18H2,1-3H3,(H,19,20). The molecule has 21 heavy (non-hydrogen) atoms. The summed E-state index contributed by atoms with van der Waals surface area (Å²) in [6.45, 7) is 4.94. The van der Waals surface area contributed by atoms with Crippen molar-refractivity contribution in [2.45, 2.75) is 44.9 Å². The summed E-state index contributed by atoms with van der Waals surface area (Å²) in [4.78, 5) is 11.2. The summed E-state index contributed by atoms with van der Waals surface area (Å²) in [6.07, 6.45) is -1.69. The Morgan fingerprint density at radius 3 is 2.24 bits per heavy atom. The lowest BCUT2D eigenvalue weighted by atomic mass is 10.0. The third-order valence-corrected chi connectivity index (χ3v) is 2.66. The van der Waals surface area contributed by atoms with E-state index in [0.717, 1.165) is 0 Å². The lowest BCUT2D eigenvalue weighted by Crippen LogP contribution is -2.47. The first-order valence-electron chi connectivity index (χ1n) is 6.31. The van der Waals surface area contributed by atoms with E-state index in [2.05, 4.69) is 0 Å². The number of halogens is 3. The van der Waals surface area contributed by atoms with Crippen molar-refractivity contribution in [2.24, 2.45) is 5.73 Å². The summed E-state index contributed by atoms with van der Waals surface area (Å²) in [5.74, 6) is -4.82. The van der Waals surface area contributed by atoms with E-state index in [9.17, 15) is 18.0 Å². The van der Waals surface area contributed by atoms with Crippen molar-refractivity contribution in [3.8, 4) is 0 Å². The van der Waals surface area contributed by atoms with Crippen LogP contribution in [0, 0.1) is 17.5 Å². The molecular weight excluding hydrogens is 287 g/mol. The zero-order valence-electron chi connectivity index (χ0n) is 12.0. The maximum Gasteiger partial charge on any atom is 0.334 e. The van der Waals surface area contributed by atoms with E-state index >= 15 is 0 Å². The molecule has 0 amide bonds. The average molecular weight is 305 g/mol. The van der Waals surface area contributed by atoms with Gasteiger partial charge in [-0.2, -0.15) is 0 Å². The Morgan fingerprint density at radius 1 is 1.24 bits per heavy atom. The van der Waals surface area contributed by atoms with Gasteiger partial charge in [-0.15, -0.1) is 0 Å². The van der Waals surface area contributed by atoms with Crippen LogP contribution >= 0.6 is 0 Å². The Kier molecular flexibility index (Phi) is 5.36. The van der Waals surface area contributed by atoms with Gasteiger partial charge in [0, 0.05) is 12.1 Å². The van der Waals surface area contributed by atoms with E-state index in [1.807, 2.05) is 0 Å². The van der Waals surface area contributed by atoms with Crippen molar-refractivity contribution in [3.63, 3.8) is 0 Å². The number of aliphatic carboxylic acids is 1. The van der Waals surface area contributed by atoms with Crippen LogP contribution in [-0.4, -0.2) is 28.8 Å². The molecule has 0 aromatic heterocycles. The van der Waals surface area contributed by atoms with Crippen LogP contribution in [0.15, 0.2) is 12.1 Å². The molecular formula is C14H18F3NO3. The topological polar surface area (TPSA) is 72.5 Å². The summed E-state index contributed by atoms with van der Waals surface area (Å²) in [6, 6.07) is -0.0423. The van der Waals surface area contributed by atoms with Crippen LogP contribution in [-0.2, 0) is 16.0 Å². The van der Waals surface area contributed by atoms with Crippen molar-refractivity contribution in [1.82, 2.24) is 0 Å². The number of hydrogen-bond acceptors (Lipinski definition) is 3. The number of carbonyl (C=O) groups is 1. The van der Waals surface area contributed by atoms with Crippen LogP contribution in [0.4, 0.5) is 13.2 Å². The van der Waals surface area contributed by atoms with Crippen molar-refractivity contribution in [1.29, 1.82) is 0 Å². The zero-order valence-corrected chi connectivity index (χ0v) is 12.0. The van der Waals surface area contributed by atoms with Gasteiger partial charge >= 0.3 is 5.97 Å². The monoisotopic (exact) mass is 305 g/mol. The number of ether oxygens (including phenoxy) is 1. The Morgan fingerprint density at radius 2 is 1.76 bits per heavy atom. The summed E-state index contributed by atoms with van der Waals surface area (Å²) in [5, 5.41) is 9.12. The number of benzene rings is 1. The molecule has 0 aliphatic rings. The quantitative estimate of drug-likeness (QED) is 0.818. The van der Waals surface area contributed by atoms with Crippen molar-refractivity contribution in [3.05, 3.63) is 35.1 Å². The molecule has 3 N–H and O–H groups in total. The van der Waals surface area contributed by atoms with Gasteiger partial charge in [-0.05, 0) is 38.8 Å². The normalized spacial score (nSPS) is 14.8. The predicted molar refractivity (Wildman–Crippen MR) is 70.3 cm³/mol. The average Bonchev–Trinajstić information content (AvgIpc) is 2.31. The third-order valence-electron chi connectivity index (χ3n) is 2.66. The minimum atomic E-state index is -1.39. The molecule has 0 saturated carbocycles.